The number of nitriles is 1. The van der Waals surface area contributed by atoms with Gasteiger partial charge in [0.25, 0.3) is 11.8 Å². The molecule has 1 aliphatic heterocycles. The van der Waals surface area contributed by atoms with Crippen LogP contribution in [0.15, 0.2) is 42.5 Å². The molecule has 0 radical (unpaired) electrons. The number of benzene rings is 2. The zero-order valence-electron chi connectivity index (χ0n) is 22.2. The molecule has 1 saturated heterocycles. The molecule has 0 bridgehead atoms. The van der Waals surface area contributed by atoms with E-state index in [0.717, 1.165) is 63.7 Å². The fraction of sp³-hybridized carbons (Fsp3) is 0.467. The lowest BCUT2D eigenvalue weighted by Crippen LogP contribution is -2.40. The van der Waals surface area contributed by atoms with E-state index in [4.69, 9.17) is 11.0 Å². The molecule has 0 atom stereocenters. The minimum absolute atomic E-state index is 0.0919. The molecule has 9 nitrogen and oxygen atoms in total. The smallest absolute Gasteiger partial charge is 0.255 e. The van der Waals surface area contributed by atoms with Gasteiger partial charge >= 0.3 is 0 Å². The van der Waals surface area contributed by atoms with Crippen molar-refractivity contribution in [3.8, 4) is 6.07 Å². The van der Waals surface area contributed by atoms with Crippen molar-refractivity contribution in [2.24, 2.45) is 11.7 Å². The van der Waals surface area contributed by atoms with E-state index in [2.05, 4.69) is 21.6 Å². The Kier molecular flexibility index (Phi) is 8.13. The highest BCUT2D eigenvalue weighted by Crippen LogP contribution is 2.33. The summed E-state index contributed by atoms with van der Waals surface area (Å²) in [5.74, 6) is -0.0497. The Labute approximate surface area is 229 Å². The molecule has 9 heteroatoms. The third kappa shape index (κ3) is 6.58. The van der Waals surface area contributed by atoms with Crippen molar-refractivity contribution in [2.75, 3.05) is 36.4 Å². The van der Waals surface area contributed by atoms with Crippen molar-refractivity contribution in [3.63, 3.8) is 0 Å². The summed E-state index contributed by atoms with van der Waals surface area (Å²) in [6, 6.07) is 14.2. The van der Waals surface area contributed by atoms with Gasteiger partial charge in [-0.05, 0) is 87.4 Å². The maximum atomic E-state index is 13.2. The number of carbonyl (C=O) groups excluding carboxylic acids is 3. The quantitative estimate of drug-likeness (QED) is 0.527. The van der Waals surface area contributed by atoms with E-state index < -0.39 is 0 Å². The van der Waals surface area contributed by atoms with Crippen LogP contribution in [0.4, 0.5) is 11.4 Å². The first kappa shape index (κ1) is 26.7. The highest BCUT2D eigenvalue weighted by Gasteiger charge is 2.34. The van der Waals surface area contributed by atoms with Gasteiger partial charge in [-0.2, -0.15) is 5.26 Å². The Bertz CT molecular complexity index is 1260. The van der Waals surface area contributed by atoms with E-state index in [1.54, 1.807) is 36.4 Å². The van der Waals surface area contributed by atoms with Crippen LogP contribution < -0.4 is 21.3 Å². The van der Waals surface area contributed by atoms with Gasteiger partial charge < -0.3 is 26.2 Å². The van der Waals surface area contributed by atoms with Crippen molar-refractivity contribution in [2.45, 2.75) is 57.0 Å². The highest BCUT2D eigenvalue weighted by molar-refractivity contribution is 6.07. The van der Waals surface area contributed by atoms with Crippen LogP contribution in [-0.4, -0.2) is 60.9 Å². The number of carbonyl (C=O) groups is 3. The normalized spacial score (nSPS) is 21.4. The third-order valence-corrected chi connectivity index (χ3v) is 7.97. The highest BCUT2D eigenvalue weighted by atomic mass is 16.2. The van der Waals surface area contributed by atoms with Gasteiger partial charge in [0.15, 0.2) is 0 Å². The van der Waals surface area contributed by atoms with Gasteiger partial charge in [-0.15, -0.1) is 0 Å². The average molecular weight is 529 g/mol. The number of nitrogens with zero attached hydrogens (tertiary/aromatic N) is 3. The Morgan fingerprint density at radius 3 is 2.26 bits per heavy atom. The zero-order valence-corrected chi connectivity index (χ0v) is 22.2. The Hall–Kier alpha value is -3.90. The van der Waals surface area contributed by atoms with Crippen LogP contribution in [-0.2, 0) is 4.79 Å². The molecule has 39 heavy (non-hydrogen) atoms. The first-order valence-corrected chi connectivity index (χ1v) is 14.0. The molecule has 3 aliphatic rings. The van der Waals surface area contributed by atoms with Gasteiger partial charge in [0.05, 0.1) is 23.0 Å². The lowest BCUT2D eigenvalue weighted by Gasteiger charge is -2.28. The van der Waals surface area contributed by atoms with Crippen LogP contribution >= 0.6 is 0 Å². The third-order valence-electron chi connectivity index (χ3n) is 7.97. The molecule has 3 fully saturated rings. The summed E-state index contributed by atoms with van der Waals surface area (Å²) >= 11 is 0. The summed E-state index contributed by atoms with van der Waals surface area (Å²) in [4.78, 5) is 43.1. The minimum Gasteiger partial charge on any atom is -0.368 e. The number of amides is 3. The minimum atomic E-state index is -0.320. The number of hydrogen-bond donors (Lipinski definition) is 3. The maximum Gasteiger partial charge on any atom is 0.255 e. The summed E-state index contributed by atoms with van der Waals surface area (Å²) in [6.45, 7) is 2.74. The lowest BCUT2D eigenvalue weighted by atomic mass is 9.91. The van der Waals surface area contributed by atoms with E-state index in [1.807, 2.05) is 11.0 Å². The van der Waals surface area contributed by atoms with E-state index in [9.17, 15) is 14.4 Å². The largest absolute Gasteiger partial charge is 0.368 e. The van der Waals surface area contributed by atoms with Crippen molar-refractivity contribution in [3.05, 3.63) is 59.2 Å². The molecule has 3 amide bonds. The number of rotatable bonds is 6. The fourth-order valence-electron chi connectivity index (χ4n) is 5.44. The average Bonchev–Trinajstić information content (AvgIpc) is 3.82. The van der Waals surface area contributed by atoms with E-state index >= 15 is 0 Å². The first-order valence-electron chi connectivity index (χ1n) is 14.0. The molecule has 2 aromatic carbocycles. The predicted molar refractivity (Wildman–Crippen MR) is 149 cm³/mol. The van der Waals surface area contributed by atoms with Crippen LogP contribution in [0.5, 0.6) is 0 Å². The first-order chi connectivity index (χ1) is 18.9. The molecular weight excluding hydrogens is 492 g/mol. The summed E-state index contributed by atoms with van der Waals surface area (Å²) in [6.07, 6.45) is 6.31. The second-order valence-corrected chi connectivity index (χ2v) is 10.9. The second-order valence-electron chi connectivity index (χ2n) is 10.9. The molecule has 2 saturated carbocycles. The fourth-order valence-corrected chi connectivity index (χ4v) is 5.44. The molecule has 5 rings (SSSR count). The topological polar surface area (TPSA) is 132 Å². The number of nitrogens with one attached hydrogen (secondary N) is 2. The van der Waals surface area contributed by atoms with Crippen LogP contribution in [0.2, 0.25) is 0 Å². The molecule has 0 unspecified atom stereocenters. The van der Waals surface area contributed by atoms with E-state index in [1.165, 1.54) is 0 Å². The Morgan fingerprint density at radius 2 is 1.56 bits per heavy atom. The number of hydrogen-bond acceptors (Lipinski definition) is 6. The Morgan fingerprint density at radius 1 is 0.846 bits per heavy atom. The van der Waals surface area contributed by atoms with Gasteiger partial charge in [-0.25, -0.2) is 0 Å². The zero-order chi connectivity index (χ0) is 27.4. The van der Waals surface area contributed by atoms with Crippen LogP contribution in [0.1, 0.15) is 71.2 Å². The summed E-state index contributed by atoms with van der Waals surface area (Å²) in [5, 5.41) is 15.2. The van der Waals surface area contributed by atoms with Gasteiger partial charge in [-0.1, -0.05) is 0 Å². The van der Waals surface area contributed by atoms with Gasteiger partial charge in [0.1, 0.15) is 0 Å². The van der Waals surface area contributed by atoms with Crippen molar-refractivity contribution >= 4 is 29.1 Å². The van der Waals surface area contributed by atoms with Crippen LogP contribution in [0.25, 0.3) is 0 Å². The van der Waals surface area contributed by atoms with Crippen molar-refractivity contribution in [1.29, 1.82) is 5.26 Å². The number of anilines is 2. The van der Waals surface area contributed by atoms with Gasteiger partial charge in [-0.3, -0.25) is 14.4 Å². The van der Waals surface area contributed by atoms with Crippen molar-refractivity contribution in [1.82, 2.24) is 10.2 Å². The standard InChI is InChI=1S/C30H36N6O3/c31-19-20-2-4-21(5-3-20)28(37)34-26-18-23(29(38)33-25-11-9-24(32)10-12-25)8-13-27(26)35-14-1-15-36(17-16-35)30(39)22-6-7-22/h2-5,8,13,18,22,24-25H,1,6-7,9-12,14-17,32H2,(H,33,38)(H,34,37). The van der Waals surface area contributed by atoms with E-state index in [-0.39, 0.29) is 35.7 Å². The molecule has 1 heterocycles. The maximum absolute atomic E-state index is 13.2. The number of nitrogens with two attached hydrogens (primary N) is 1. The molecule has 0 spiro atoms. The summed E-state index contributed by atoms with van der Waals surface area (Å²) < 4.78 is 0. The molecular formula is C30H36N6O3. The van der Waals surface area contributed by atoms with Crippen LogP contribution in [0.3, 0.4) is 0 Å². The van der Waals surface area contributed by atoms with Crippen molar-refractivity contribution < 1.29 is 14.4 Å². The van der Waals surface area contributed by atoms with Gasteiger partial charge in [0.2, 0.25) is 5.91 Å². The molecule has 204 valence electrons. The van der Waals surface area contributed by atoms with Gasteiger partial charge in [0, 0.05) is 55.3 Å². The summed E-state index contributed by atoms with van der Waals surface area (Å²) in [7, 11) is 0. The lowest BCUT2D eigenvalue weighted by molar-refractivity contribution is -0.132. The predicted octanol–water partition coefficient (Wildman–Crippen LogP) is 3.26. The molecule has 2 aromatic rings. The summed E-state index contributed by atoms with van der Waals surface area (Å²) in [5.41, 5.74) is 8.75. The van der Waals surface area contributed by atoms with Crippen LogP contribution in [0, 0.1) is 17.2 Å². The Balaban J connectivity index is 1.36. The molecule has 2 aliphatic carbocycles. The molecule has 4 N–H and O–H groups in total. The molecule has 0 aromatic heterocycles. The second kappa shape index (κ2) is 11.9. The monoisotopic (exact) mass is 528 g/mol. The van der Waals surface area contributed by atoms with E-state index in [0.29, 0.717) is 35.5 Å². The SMILES string of the molecule is N#Cc1ccc(C(=O)Nc2cc(C(=O)NC3CCC(N)CC3)ccc2N2CCCN(C(=O)C3CC3)CC2)cc1.